The second-order valence-corrected chi connectivity index (χ2v) is 6.52. The van der Waals surface area contributed by atoms with Crippen molar-refractivity contribution in [2.24, 2.45) is 5.73 Å². The fourth-order valence-electron chi connectivity index (χ4n) is 2.88. The molecule has 0 amide bonds. The standard InChI is InChI=1S/C14H20N4OS/c1-9-5-11(15)3-4-17(9)7-12-6-13(19)18-10(2)8-20-14(18)16-12/h6,8-9,11H,3-5,7,15H2,1-2H3. The molecule has 1 fully saturated rings. The molecule has 0 aromatic carbocycles. The van der Waals surface area contributed by atoms with Crippen LogP contribution in [-0.2, 0) is 6.54 Å². The van der Waals surface area contributed by atoms with Crippen LogP contribution in [0.15, 0.2) is 16.2 Å². The highest BCUT2D eigenvalue weighted by atomic mass is 32.1. The van der Waals surface area contributed by atoms with E-state index in [0.29, 0.717) is 12.1 Å². The smallest absolute Gasteiger partial charge is 0.259 e. The molecule has 1 aliphatic rings. The van der Waals surface area contributed by atoms with Crippen LogP contribution in [0.2, 0.25) is 0 Å². The minimum absolute atomic E-state index is 0.0186. The van der Waals surface area contributed by atoms with Crippen LogP contribution in [0.3, 0.4) is 0 Å². The van der Waals surface area contributed by atoms with E-state index in [2.05, 4.69) is 16.8 Å². The number of likely N-dealkylation sites (tertiary alicyclic amines) is 1. The van der Waals surface area contributed by atoms with Gasteiger partial charge in [-0.1, -0.05) is 0 Å². The van der Waals surface area contributed by atoms with Crippen LogP contribution in [0.1, 0.15) is 31.2 Å². The Hall–Kier alpha value is -1.24. The lowest BCUT2D eigenvalue weighted by Crippen LogP contribution is -2.45. The third-order valence-electron chi connectivity index (χ3n) is 4.05. The first-order chi connectivity index (χ1) is 9.54. The van der Waals surface area contributed by atoms with Gasteiger partial charge in [-0.15, -0.1) is 11.3 Å². The average Bonchev–Trinajstić information content (AvgIpc) is 2.75. The minimum Gasteiger partial charge on any atom is -0.328 e. The molecule has 108 valence electrons. The molecule has 2 aromatic rings. The monoisotopic (exact) mass is 292 g/mol. The van der Waals surface area contributed by atoms with Gasteiger partial charge in [-0.3, -0.25) is 14.1 Å². The number of thiazole rings is 1. The SMILES string of the molecule is Cc1csc2nc(CN3CCC(N)CC3C)cc(=O)n12. The van der Waals surface area contributed by atoms with Crippen LogP contribution in [0, 0.1) is 6.92 Å². The number of nitrogens with zero attached hydrogens (tertiary/aromatic N) is 3. The van der Waals surface area contributed by atoms with Crippen LogP contribution in [0.5, 0.6) is 0 Å². The van der Waals surface area contributed by atoms with Crippen molar-refractivity contribution in [2.75, 3.05) is 6.54 Å². The molecule has 2 unspecified atom stereocenters. The second kappa shape index (κ2) is 5.27. The largest absolute Gasteiger partial charge is 0.328 e. The molecule has 0 spiro atoms. The second-order valence-electron chi connectivity index (χ2n) is 5.68. The molecule has 2 N–H and O–H groups in total. The zero-order chi connectivity index (χ0) is 14.3. The summed E-state index contributed by atoms with van der Waals surface area (Å²) in [4.78, 5) is 19.9. The maximum absolute atomic E-state index is 12.1. The summed E-state index contributed by atoms with van der Waals surface area (Å²) in [6, 6.07) is 2.42. The number of fused-ring (bicyclic) bond motifs is 1. The van der Waals surface area contributed by atoms with Crippen molar-refractivity contribution in [1.29, 1.82) is 0 Å². The molecule has 2 atom stereocenters. The van der Waals surface area contributed by atoms with Gasteiger partial charge < -0.3 is 5.73 Å². The molecular formula is C14H20N4OS. The molecular weight excluding hydrogens is 272 g/mol. The van der Waals surface area contributed by atoms with E-state index in [1.165, 1.54) is 11.3 Å². The molecule has 20 heavy (non-hydrogen) atoms. The van der Waals surface area contributed by atoms with Gasteiger partial charge in [-0.25, -0.2) is 4.98 Å². The summed E-state index contributed by atoms with van der Waals surface area (Å²) >= 11 is 1.52. The number of aromatic nitrogens is 2. The lowest BCUT2D eigenvalue weighted by Gasteiger charge is -2.36. The summed E-state index contributed by atoms with van der Waals surface area (Å²) in [5.74, 6) is 0. The third kappa shape index (κ3) is 2.51. The number of rotatable bonds is 2. The maximum Gasteiger partial charge on any atom is 0.259 e. The Morgan fingerprint density at radius 3 is 3.10 bits per heavy atom. The Kier molecular flexibility index (Phi) is 3.62. The van der Waals surface area contributed by atoms with Crippen molar-refractivity contribution in [3.63, 3.8) is 0 Å². The van der Waals surface area contributed by atoms with Crippen LogP contribution in [0.25, 0.3) is 4.96 Å². The Bertz CT molecular complexity index is 677. The number of piperidine rings is 1. The molecule has 1 saturated heterocycles. The first-order valence-corrected chi connectivity index (χ1v) is 7.89. The van der Waals surface area contributed by atoms with Crippen LogP contribution in [0.4, 0.5) is 0 Å². The number of hydrogen-bond acceptors (Lipinski definition) is 5. The highest BCUT2D eigenvalue weighted by Crippen LogP contribution is 2.18. The summed E-state index contributed by atoms with van der Waals surface area (Å²) in [5, 5.41) is 1.97. The average molecular weight is 292 g/mol. The highest BCUT2D eigenvalue weighted by molar-refractivity contribution is 7.15. The van der Waals surface area contributed by atoms with Crippen LogP contribution in [-0.4, -0.2) is 32.9 Å². The Labute approximate surface area is 122 Å². The summed E-state index contributed by atoms with van der Waals surface area (Å²) in [7, 11) is 0. The van der Waals surface area contributed by atoms with Gasteiger partial charge in [0.05, 0.1) is 5.69 Å². The van der Waals surface area contributed by atoms with Gasteiger partial charge in [0.15, 0.2) is 4.96 Å². The maximum atomic E-state index is 12.1. The van der Waals surface area contributed by atoms with Crippen molar-refractivity contribution in [3.05, 3.63) is 33.2 Å². The first kappa shape index (κ1) is 13.7. The fourth-order valence-corrected chi connectivity index (χ4v) is 3.77. The predicted octanol–water partition coefficient (Wildman–Crippen LogP) is 1.38. The molecule has 0 radical (unpaired) electrons. The van der Waals surface area contributed by atoms with E-state index in [9.17, 15) is 4.79 Å². The van der Waals surface area contributed by atoms with E-state index in [-0.39, 0.29) is 5.56 Å². The summed E-state index contributed by atoms with van der Waals surface area (Å²) in [6.07, 6.45) is 2.03. The summed E-state index contributed by atoms with van der Waals surface area (Å²) < 4.78 is 1.67. The number of hydrogen-bond donors (Lipinski definition) is 1. The quantitative estimate of drug-likeness (QED) is 0.908. The first-order valence-electron chi connectivity index (χ1n) is 7.01. The van der Waals surface area contributed by atoms with Gasteiger partial charge in [-0.05, 0) is 26.7 Å². The summed E-state index contributed by atoms with van der Waals surface area (Å²) in [6.45, 7) is 5.84. The Morgan fingerprint density at radius 2 is 2.35 bits per heavy atom. The Morgan fingerprint density at radius 1 is 1.55 bits per heavy atom. The molecule has 3 rings (SSSR count). The van der Waals surface area contributed by atoms with Crippen molar-refractivity contribution in [3.8, 4) is 0 Å². The lowest BCUT2D eigenvalue weighted by molar-refractivity contribution is 0.138. The third-order valence-corrected chi connectivity index (χ3v) is 4.99. The highest BCUT2D eigenvalue weighted by Gasteiger charge is 2.23. The topological polar surface area (TPSA) is 63.6 Å². The van der Waals surface area contributed by atoms with Gasteiger partial charge >= 0.3 is 0 Å². The van der Waals surface area contributed by atoms with E-state index in [0.717, 1.165) is 42.3 Å². The summed E-state index contributed by atoms with van der Waals surface area (Å²) in [5.41, 5.74) is 7.82. The van der Waals surface area contributed by atoms with Gasteiger partial charge in [0.2, 0.25) is 0 Å². The Balaban J connectivity index is 1.86. The van der Waals surface area contributed by atoms with Gasteiger partial charge in [0, 0.05) is 42.3 Å². The van der Waals surface area contributed by atoms with Crippen LogP contribution >= 0.6 is 11.3 Å². The molecule has 6 heteroatoms. The molecule has 2 aromatic heterocycles. The van der Waals surface area contributed by atoms with Gasteiger partial charge in [0.25, 0.3) is 5.56 Å². The molecule has 0 aliphatic carbocycles. The fraction of sp³-hybridized carbons (Fsp3) is 0.571. The van der Waals surface area contributed by atoms with E-state index in [4.69, 9.17) is 5.73 Å². The van der Waals surface area contributed by atoms with E-state index in [1.807, 2.05) is 12.3 Å². The van der Waals surface area contributed by atoms with Crippen molar-refractivity contribution in [2.45, 2.75) is 45.3 Å². The number of nitrogens with two attached hydrogens (primary N) is 1. The van der Waals surface area contributed by atoms with Crippen molar-refractivity contribution in [1.82, 2.24) is 14.3 Å². The van der Waals surface area contributed by atoms with Crippen molar-refractivity contribution >= 4 is 16.3 Å². The molecule has 1 aliphatic heterocycles. The molecule has 3 heterocycles. The van der Waals surface area contributed by atoms with E-state index < -0.39 is 0 Å². The van der Waals surface area contributed by atoms with Crippen molar-refractivity contribution < 1.29 is 0 Å². The molecule has 0 saturated carbocycles. The zero-order valence-electron chi connectivity index (χ0n) is 11.9. The molecule has 0 bridgehead atoms. The zero-order valence-corrected chi connectivity index (χ0v) is 12.7. The normalized spacial score (nSPS) is 24.4. The van der Waals surface area contributed by atoms with E-state index in [1.54, 1.807) is 10.5 Å². The predicted molar refractivity (Wildman–Crippen MR) is 81.2 cm³/mol. The van der Waals surface area contributed by atoms with Gasteiger partial charge in [-0.2, -0.15) is 0 Å². The lowest BCUT2D eigenvalue weighted by atomic mass is 9.99. The van der Waals surface area contributed by atoms with Gasteiger partial charge in [0.1, 0.15) is 0 Å². The minimum atomic E-state index is 0.0186. The van der Waals surface area contributed by atoms with E-state index >= 15 is 0 Å². The molecule has 5 nitrogen and oxygen atoms in total. The number of aryl methyl sites for hydroxylation is 1. The van der Waals surface area contributed by atoms with Crippen LogP contribution < -0.4 is 11.3 Å².